The standard InChI is InChI=1S/C35H34Cl2FN3O4S/c36-27-20-28(37)22-31(21-27)41(46(44,45)32-13-5-2-6-14-32)24-34(42)40(23-26-15-17-29(38)18-16-26)33(19-25-9-3-1-4-10-25)35(43)39-30-11-7-8-12-30/h1-6,9-10,13-18,20-22,30,33H,7-8,11-12,19,23-24H2,(H,39,43). The van der Waals surface area contributed by atoms with E-state index in [1.807, 2.05) is 30.3 Å². The Kier molecular flexibility index (Phi) is 11.0. The molecule has 1 N–H and O–H groups in total. The second-order valence-electron chi connectivity index (χ2n) is 11.3. The van der Waals surface area contributed by atoms with E-state index in [4.69, 9.17) is 23.2 Å². The largest absolute Gasteiger partial charge is 0.352 e. The van der Waals surface area contributed by atoms with Crippen LogP contribution in [-0.4, -0.2) is 43.8 Å². The van der Waals surface area contributed by atoms with Crippen LogP contribution in [0.15, 0.2) is 108 Å². The van der Waals surface area contributed by atoms with Crippen molar-refractivity contribution in [1.82, 2.24) is 10.2 Å². The number of nitrogens with zero attached hydrogens (tertiary/aromatic N) is 2. The maximum Gasteiger partial charge on any atom is 0.264 e. The quantitative estimate of drug-likeness (QED) is 0.174. The number of sulfonamides is 1. The molecule has 1 atom stereocenters. The number of benzene rings is 4. The Morgan fingerprint density at radius 3 is 2.02 bits per heavy atom. The molecule has 2 amide bonds. The first-order chi connectivity index (χ1) is 22.1. The summed E-state index contributed by atoms with van der Waals surface area (Å²) in [6.07, 6.45) is 3.87. The van der Waals surface area contributed by atoms with Crippen LogP contribution in [0.3, 0.4) is 0 Å². The SMILES string of the molecule is O=C(NC1CCCC1)C(Cc1ccccc1)N(Cc1ccc(F)cc1)C(=O)CN(c1cc(Cl)cc(Cl)c1)S(=O)(=O)c1ccccc1. The molecule has 0 heterocycles. The molecular formula is C35H34Cl2FN3O4S. The average molecular weight is 683 g/mol. The maximum absolute atomic E-state index is 14.5. The van der Waals surface area contributed by atoms with Crippen LogP contribution in [0.25, 0.3) is 0 Å². The van der Waals surface area contributed by atoms with Crippen LogP contribution in [0.2, 0.25) is 10.0 Å². The molecule has 1 saturated carbocycles. The molecule has 7 nitrogen and oxygen atoms in total. The molecule has 0 aromatic heterocycles. The summed E-state index contributed by atoms with van der Waals surface area (Å²) >= 11 is 12.6. The van der Waals surface area contributed by atoms with Gasteiger partial charge in [-0.15, -0.1) is 0 Å². The van der Waals surface area contributed by atoms with Gasteiger partial charge in [-0.25, -0.2) is 12.8 Å². The molecule has 1 unspecified atom stereocenters. The highest BCUT2D eigenvalue weighted by Gasteiger charge is 2.35. The van der Waals surface area contributed by atoms with E-state index in [1.54, 1.807) is 30.3 Å². The zero-order chi connectivity index (χ0) is 32.7. The topological polar surface area (TPSA) is 86.8 Å². The number of anilines is 1. The summed E-state index contributed by atoms with van der Waals surface area (Å²) in [4.78, 5) is 29.9. The minimum atomic E-state index is -4.30. The van der Waals surface area contributed by atoms with Crippen molar-refractivity contribution in [3.8, 4) is 0 Å². The summed E-state index contributed by atoms with van der Waals surface area (Å²) in [6.45, 7) is -0.721. The average Bonchev–Trinajstić information content (AvgIpc) is 3.55. The van der Waals surface area contributed by atoms with Crippen LogP contribution in [0, 0.1) is 5.82 Å². The molecule has 0 bridgehead atoms. The van der Waals surface area contributed by atoms with Crippen molar-refractivity contribution in [2.45, 2.75) is 55.6 Å². The molecule has 5 rings (SSSR count). The number of hydrogen-bond acceptors (Lipinski definition) is 4. The van der Waals surface area contributed by atoms with E-state index in [0.29, 0.717) is 5.56 Å². The Morgan fingerprint density at radius 1 is 0.826 bits per heavy atom. The molecule has 240 valence electrons. The van der Waals surface area contributed by atoms with Gasteiger partial charge >= 0.3 is 0 Å². The molecule has 0 saturated heterocycles. The number of halogens is 3. The summed E-state index contributed by atoms with van der Waals surface area (Å²) in [5.41, 5.74) is 1.48. The van der Waals surface area contributed by atoms with Crippen LogP contribution in [0.1, 0.15) is 36.8 Å². The predicted molar refractivity (Wildman–Crippen MR) is 179 cm³/mol. The number of carbonyl (C=O) groups excluding carboxylic acids is 2. The highest BCUT2D eigenvalue weighted by molar-refractivity contribution is 7.92. The number of hydrogen-bond donors (Lipinski definition) is 1. The summed E-state index contributed by atoms with van der Waals surface area (Å²) in [5.74, 6) is -1.42. The van der Waals surface area contributed by atoms with Crippen LogP contribution in [-0.2, 0) is 32.6 Å². The van der Waals surface area contributed by atoms with Gasteiger partial charge in [0, 0.05) is 29.1 Å². The summed E-state index contributed by atoms with van der Waals surface area (Å²) in [6, 6.07) is 26.0. The zero-order valence-electron chi connectivity index (χ0n) is 25.0. The van der Waals surface area contributed by atoms with Crippen LogP contribution < -0.4 is 9.62 Å². The third-order valence-electron chi connectivity index (χ3n) is 7.98. The Bertz CT molecular complexity index is 1730. The normalized spacial score (nSPS) is 14.1. The zero-order valence-corrected chi connectivity index (χ0v) is 27.3. The monoisotopic (exact) mass is 681 g/mol. The lowest BCUT2D eigenvalue weighted by atomic mass is 10.0. The van der Waals surface area contributed by atoms with E-state index in [2.05, 4.69) is 5.32 Å². The number of carbonyl (C=O) groups is 2. The third-order valence-corrected chi connectivity index (χ3v) is 10.2. The minimum absolute atomic E-state index is 0.0166. The highest BCUT2D eigenvalue weighted by atomic mass is 35.5. The van der Waals surface area contributed by atoms with Gasteiger partial charge in [-0.3, -0.25) is 13.9 Å². The van der Waals surface area contributed by atoms with Gasteiger partial charge in [0.15, 0.2) is 0 Å². The van der Waals surface area contributed by atoms with Gasteiger partial charge in [0.1, 0.15) is 18.4 Å². The molecule has 4 aromatic carbocycles. The van der Waals surface area contributed by atoms with Gasteiger partial charge < -0.3 is 10.2 Å². The van der Waals surface area contributed by atoms with Crippen LogP contribution in [0.5, 0.6) is 0 Å². The van der Waals surface area contributed by atoms with E-state index in [9.17, 15) is 22.4 Å². The van der Waals surface area contributed by atoms with Crippen molar-refractivity contribution in [3.05, 3.63) is 130 Å². The van der Waals surface area contributed by atoms with Gasteiger partial charge in [0.2, 0.25) is 11.8 Å². The second-order valence-corrected chi connectivity index (χ2v) is 14.0. The fraction of sp³-hybridized carbons (Fsp3) is 0.257. The molecule has 11 heteroatoms. The molecule has 1 fully saturated rings. The fourth-order valence-electron chi connectivity index (χ4n) is 5.64. The predicted octanol–water partition coefficient (Wildman–Crippen LogP) is 7.03. The van der Waals surface area contributed by atoms with Crippen molar-refractivity contribution >= 4 is 50.7 Å². The summed E-state index contributed by atoms with van der Waals surface area (Å²) in [7, 11) is -4.30. The fourth-order valence-corrected chi connectivity index (χ4v) is 7.57. The van der Waals surface area contributed by atoms with Crippen LogP contribution >= 0.6 is 23.2 Å². The molecule has 46 heavy (non-hydrogen) atoms. The second kappa shape index (κ2) is 15.1. The summed E-state index contributed by atoms with van der Waals surface area (Å²) < 4.78 is 43.0. The first-order valence-corrected chi connectivity index (χ1v) is 17.2. The Morgan fingerprint density at radius 2 is 1.41 bits per heavy atom. The number of rotatable bonds is 12. The molecule has 0 radical (unpaired) electrons. The van der Waals surface area contributed by atoms with Gasteiger partial charge in [0.05, 0.1) is 10.6 Å². The lowest BCUT2D eigenvalue weighted by Gasteiger charge is -2.34. The lowest BCUT2D eigenvalue weighted by molar-refractivity contribution is -0.140. The summed E-state index contributed by atoms with van der Waals surface area (Å²) in [5, 5.41) is 3.49. The van der Waals surface area contributed by atoms with Gasteiger partial charge in [0.25, 0.3) is 10.0 Å². The van der Waals surface area contributed by atoms with Gasteiger partial charge in [-0.2, -0.15) is 0 Å². The smallest absolute Gasteiger partial charge is 0.264 e. The van der Waals surface area contributed by atoms with Crippen molar-refractivity contribution in [1.29, 1.82) is 0 Å². The minimum Gasteiger partial charge on any atom is -0.352 e. The van der Waals surface area contributed by atoms with E-state index >= 15 is 0 Å². The van der Waals surface area contributed by atoms with E-state index in [0.717, 1.165) is 35.6 Å². The van der Waals surface area contributed by atoms with E-state index in [1.165, 1.54) is 47.4 Å². The molecule has 1 aliphatic carbocycles. The number of amides is 2. The van der Waals surface area contributed by atoms with E-state index < -0.39 is 34.3 Å². The number of nitrogens with one attached hydrogen (secondary N) is 1. The van der Waals surface area contributed by atoms with Crippen molar-refractivity contribution in [2.75, 3.05) is 10.8 Å². The highest BCUT2D eigenvalue weighted by Crippen LogP contribution is 2.30. The van der Waals surface area contributed by atoms with E-state index in [-0.39, 0.29) is 45.5 Å². The maximum atomic E-state index is 14.5. The Labute approximate surface area is 279 Å². The first kappa shape index (κ1) is 33.4. The van der Waals surface area contributed by atoms with Crippen molar-refractivity contribution < 1.29 is 22.4 Å². The third kappa shape index (κ3) is 8.46. The van der Waals surface area contributed by atoms with Gasteiger partial charge in [-0.1, -0.05) is 96.7 Å². The molecule has 0 spiro atoms. The van der Waals surface area contributed by atoms with Crippen molar-refractivity contribution in [3.63, 3.8) is 0 Å². The Hall–Kier alpha value is -3.92. The van der Waals surface area contributed by atoms with Crippen molar-refractivity contribution in [2.24, 2.45) is 0 Å². The molecular weight excluding hydrogens is 648 g/mol. The first-order valence-electron chi connectivity index (χ1n) is 15.0. The Balaban J connectivity index is 1.57. The van der Waals surface area contributed by atoms with Crippen LogP contribution in [0.4, 0.5) is 10.1 Å². The molecule has 1 aliphatic rings. The molecule has 4 aromatic rings. The molecule has 0 aliphatic heterocycles. The lowest BCUT2D eigenvalue weighted by Crippen LogP contribution is -2.54. The van der Waals surface area contributed by atoms with Gasteiger partial charge in [-0.05, 0) is 66.4 Å².